The number of carbonyl (C=O) groups excluding carboxylic acids is 1. The van der Waals surface area contributed by atoms with Crippen molar-refractivity contribution in [3.05, 3.63) is 69.3 Å². The maximum atomic E-state index is 12.5. The molecular formula is C19H16ClN5O2. The molecule has 1 aromatic carbocycles. The molecule has 0 fully saturated rings. The molecule has 2 aromatic heterocycles. The van der Waals surface area contributed by atoms with E-state index in [9.17, 15) is 4.79 Å². The van der Waals surface area contributed by atoms with Crippen molar-refractivity contribution in [3.63, 3.8) is 0 Å². The normalized spacial score (nSPS) is 18.2. The summed E-state index contributed by atoms with van der Waals surface area (Å²) in [6.45, 7) is 4.04. The van der Waals surface area contributed by atoms with Gasteiger partial charge in [0.2, 0.25) is 0 Å². The van der Waals surface area contributed by atoms with E-state index in [2.05, 4.69) is 20.6 Å². The van der Waals surface area contributed by atoms with Crippen LogP contribution in [0.5, 0.6) is 0 Å². The van der Waals surface area contributed by atoms with Gasteiger partial charge in [-0.1, -0.05) is 29.8 Å². The molecule has 0 unspecified atom stereocenters. The lowest BCUT2D eigenvalue weighted by molar-refractivity contribution is -0.136. The molecule has 5 rings (SSSR count). The van der Waals surface area contributed by atoms with Crippen LogP contribution in [0.3, 0.4) is 0 Å². The Morgan fingerprint density at radius 1 is 1.22 bits per heavy atom. The molecule has 0 amide bonds. The molecule has 1 atom stereocenters. The van der Waals surface area contributed by atoms with Crippen molar-refractivity contribution in [2.45, 2.75) is 19.8 Å². The number of carbonyl (C=O) groups is 1. The molecule has 4 heterocycles. The third-order valence-corrected chi connectivity index (χ3v) is 5.43. The SMILES string of the molecule is Cc1nn(-c2ccccc2)c(Cl)c1[C@H]1C2=C(COC2=O)Nc2n[nH]c(C)c21. The Hall–Kier alpha value is -3.06. The van der Waals surface area contributed by atoms with Crippen molar-refractivity contribution in [3.8, 4) is 5.69 Å². The van der Waals surface area contributed by atoms with Crippen molar-refractivity contribution in [2.24, 2.45) is 0 Å². The first kappa shape index (κ1) is 16.1. The van der Waals surface area contributed by atoms with Crippen LogP contribution in [0, 0.1) is 13.8 Å². The number of halogens is 1. The topological polar surface area (TPSA) is 84.8 Å². The number of cyclic esters (lactones) is 1. The second kappa shape index (κ2) is 5.72. The molecule has 2 aliphatic rings. The molecule has 0 aliphatic carbocycles. The molecule has 8 heteroatoms. The number of esters is 1. The Morgan fingerprint density at radius 2 is 2.00 bits per heavy atom. The first-order chi connectivity index (χ1) is 13.1. The van der Waals surface area contributed by atoms with E-state index in [0.29, 0.717) is 16.5 Å². The van der Waals surface area contributed by atoms with E-state index in [1.807, 2.05) is 44.2 Å². The van der Waals surface area contributed by atoms with E-state index in [-0.39, 0.29) is 18.5 Å². The van der Waals surface area contributed by atoms with Gasteiger partial charge >= 0.3 is 5.97 Å². The van der Waals surface area contributed by atoms with Crippen LogP contribution in [0.2, 0.25) is 5.15 Å². The molecule has 0 radical (unpaired) electrons. The molecule has 2 aliphatic heterocycles. The van der Waals surface area contributed by atoms with Crippen molar-refractivity contribution in [2.75, 3.05) is 11.9 Å². The molecule has 0 saturated carbocycles. The second-order valence-electron chi connectivity index (χ2n) is 6.67. The van der Waals surface area contributed by atoms with E-state index >= 15 is 0 Å². The first-order valence-electron chi connectivity index (χ1n) is 8.58. The number of H-pyrrole nitrogens is 1. The number of nitrogens with one attached hydrogen (secondary N) is 2. The van der Waals surface area contributed by atoms with Gasteiger partial charge in [-0.25, -0.2) is 9.48 Å². The van der Waals surface area contributed by atoms with Gasteiger partial charge in [-0.15, -0.1) is 0 Å². The lowest BCUT2D eigenvalue weighted by Gasteiger charge is -2.24. The first-order valence-corrected chi connectivity index (χ1v) is 8.96. The van der Waals surface area contributed by atoms with Crippen LogP contribution in [-0.2, 0) is 9.53 Å². The molecule has 0 spiro atoms. The second-order valence-corrected chi connectivity index (χ2v) is 7.03. The van der Waals surface area contributed by atoms with Crippen molar-refractivity contribution >= 4 is 23.4 Å². The van der Waals surface area contributed by atoms with Crippen LogP contribution in [0.1, 0.15) is 28.4 Å². The number of aryl methyl sites for hydroxylation is 2. The Labute approximate surface area is 160 Å². The van der Waals surface area contributed by atoms with Gasteiger partial charge in [0.1, 0.15) is 11.8 Å². The summed E-state index contributed by atoms with van der Waals surface area (Å²) < 4.78 is 6.98. The number of fused-ring (bicyclic) bond motifs is 1. The largest absolute Gasteiger partial charge is 0.456 e. The number of benzene rings is 1. The number of hydrogen-bond donors (Lipinski definition) is 2. The van der Waals surface area contributed by atoms with Crippen LogP contribution < -0.4 is 5.32 Å². The molecular weight excluding hydrogens is 366 g/mol. The molecule has 2 N–H and O–H groups in total. The van der Waals surface area contributed by atoms with Gasteiger partial charge < -0.3 is 10.1 Å². The van der Waals surface area contributed by atoms with Gasteiger partial charge in [0.15, 0.2) is 5.82 Å². The zero-order chi connectivity index (χ0) is 18.7. The summed E-state index contributed by atoms with van der Waals surface area (Å²) in [7, 11) is 0. The number of para-hydroxylation sites is 1. The van der Waals surface area contributed by atoms with Crippen LogP contribution in [0.4, 0.5) is 5.82 Å². The quantitative estimate of drug-likeness (QED) is 0.666. The number of hydrogen-bond acceptors (Lipinski definition) is 5. The predicted molar refractivity (Wildman–Crippen MR) is 100 cm³/mol. The minimum Gasteiger partial charge on any atom is -0.456 e. The Balaban J connectivity index is 1.76. The van der Waals surface area contributed by atoms with Crippen molar-refractivity contribution < 1.29 is 9.53 Å². The van der Waals surface area contributed by atoms with Crippen LogP contribution in [-0.4, -0.2) is 32.6 Å². The van der Waals surface area contributed by atoms with Gasteiger partial charge in [0, 0.05) is 16.8 Å². The van der Waals surface area contributed by atoms with Gasteiger partial charge in [0.05, 0.1) is 28.6 Å². The monoisotopic (exact) mass is 381 g/mol. The highest BCUT2D eigenvalue weighted by atomic mass is 35.5. The zero-order valence-corrected chi connectivity index (χ0v) is 15.5. The number of nitrogens with zero attached hydrogens (tertiary/aromatic N) is 3. The predicted octanol–water partition coefficient (Wildman–Crippen LogP) is 3.23. The number of aromatic nitrogens is 4. The summed E-state index contributed by atoms with van der Waals surface area (Å²) in [6.07, 6.45) is 0. The smallest absolute Gasteiger partial charge is 0.337 e. The van der Waals surface area contributed by atoms with E-state index in [0.717, 1.165) is 33.9 Å². The standard InChI is InChI=1S/C19H16ClN5O2/c1-9-14-16(15-12(8-27-19(15)26)21-18(14)23-22-9)13-10(2)24-25(17(13)20)11-6-4-3-5-7-11/h3-7,16H,8H2,1-2H3,(H2,21,22,23)/t16-/m1/s1. The molecule has 3 aromatic rings. The fraction of sp³-hybridized carbons (Fsp3) is 0.211. The van der Waals surface area contributed by atoms with E-state index in [1.54, 1.807) is 4.68 Å². The zero-order valence-electron chi connectivity index (χ0n) is 14.7. The van der Waals surface area contributed by atoms with Crippen LogP contribution in [0.15, 0.2) is 41.6 Å². The number of rotatable bonds is 2. The van der Waals surface area contributed by atoms with Crippen LogP contribution >= 0.6 is 11.6 Å². The lowest BCUT2D eigenvalue weighted by Crippen LogP contribution is -2.20. The van der Waals surface area contributed by atoms with Gasteiger partial charge in [0.25, 0.3) is 0 Å². The fourth-order valence-corrected chi connectivity index (χ4v) is 4.23. The average Bonchev–Trinajstić information content (AvgIpc) is 3.31. The lowest BCUT2D eigenvalue weighted by atomic mass is 9.82. The van der Waals surface area contributed by atoms with E-state index in [4.69, 9.17) is 16.3 Å². The van der Waals surface area contributed by atoms with E-state index in [1.165, 1.54) is 0 Å². The highest BCUT2D eigenvalue weighted by molar-refractivity contribution is 6.31. The third kappa shape index (κ3) is 2.24. The molecule has 7 nitrogen and oxygen atoms in total. The molecule has 0 bridgehead atoms. The maximum Gasteiger partial charge on any atom is 0.337 e. The van der Waals surface area contributed by atoms with E-state index < -0.39 is 0 Å². The highest BCUT2D eigenvalue weighted by Crippen LogP contribution is 2.47. The number of ether oxygens (including phenoxy) is 1. The third-order valence-electron chi connectivity index (χ3n) is 5.07. The summed E-state index contributed by atoms with van der Waals surface area (Å²) in [4.78, 5) is 12.5. The summed E-state index contributed by atoms with van der Waals surface area (Å²) in [6, 6.07) is 9.68. The molecule has 0 saturated heterocycles. The maximum absolute atomic E-state index is 12.5. The van der Waals surface area contributed by atoms with Gasteiger partial charge in [-0.3, -0.25) is 5.10 Å². The number of anilines is 1. The molecule has 136 valence electrons. The van der Waals surface area contributed by atoms with Gasteiger partial charge in [-0.05, 0) is 26.0 Å². The fourth-order valence-electron chi connectivity index (χ4n) is 3.85. The van der Waals surface area contributed by atoms with Crippen molar-refractivity contribution in [1.29, 1.82) is 0 Å². The summed E-state index contributed by atoms with van der Waals surface area (Å²) in [5.74, 6) is -0.0240. The number of aromatic amines is 1. The Morgan fingerprint density at radius 3 is 2.78 bits per heavy atom. The van der Waals surface area contributed by atoms with Gasteiger partial charge in [-0.2, -0.15) is 10.2 Å². The Bertz CT molecular complexity index is 1110. The summed E-state index contributed by atoms with van der Waals surface area (Å²) in [5.41, 5.74) is 5.48. The molecule has 27 heavy (non-hydrogen) atoms. The highest BCUT2D eigenvalue weighted by Gasteiger charge is 2.43. The minimum atomic E-state index is -0.380. The summed E-state index contributed by atoms with van der Waals surface area (Å²) >= 11 is 6.80. The van der Waals surface area contributed by atoms with Crippen molar-refractivity contribution in [1.82, 2.24) is 20.0 Å². The summed E-state index contributed by atoms with van der Waals surface area (Å²) in [5, 5.41) is 15.7. The average molecular weight is 382 g/mol. The minimum absolute atomic E-state index is 0.208. The Kier molecular flexibility index (Phi) is 3.42. The van der Waals surface area contributed by atoms with Crippen LogP contribution in [0.25, 0.3) is 5.69 Å².